The van der Waals surface area contributed by atoms with Crippen molar-refractivity contribution in [3.63, 3.8) is 0 Å². The van der Waals surface area contributed by atoms with Crippen LogP contribution in [0.2, 0.25) is 0 Å². The van der Waals surface area contributed by atoms with Crippen LogP contribution in [0.15, 0.2) is 0 Å². The Hall–Kier alpha value is -1.42. The molecule has 0 saturated heterocycles. The van der Waals surface area contributed by atoms with Crippen LogP contribution >= 0.6 is 0 Å². The van der Waals surface area contributed by atoms with Gasteiger partial charge in [0.15, 0.2) is 6.61 Å². The maximum Gasteiger partial charge on any atom is 0.394 e. The summed E-state index contributed by atoms with van der Waals surface area (Å²) in [5, 5.41) is 0. The first-order valence-corrected chi connectivity index (χ1v) is 6.91. The number of carbonyl (C=O) groups is 2. The van der Waals surface area contributed by atoms with Gasteiger partial charge in [0, 0.05) is 7.11 Å². The van der Waals surface area contributed by atoms with Crippen LogP contribution in [0, 0.1) is 10.8 Å². The van der Waals surface area contributed by atoms with Crippen molar-refractivity contribution in [3.8, 4) is 0 Å². The van der Waals surface area contributed by atoms with Crippen LogP contribution < -0.4 is 0 Å². The van der Waals surface area contributed by atoms with E-state index in [-0.39, 0.29) is 6.61 Å². The number of ether oxygens (including phenoxy) is 4. The van der Waals surface area contributed by atoms with Crippen LogP contribution in [0.4, 0.5) is 17.6 Å². The highest BCUT2D eigenvalue weighted by atomic mass is 19.3. The summed E-state index contributed by atoms with van der Waals surface area (Å²) in [6.45, 7) is -0.196. The standard InChI is InChI=1S/C14H22F4O6/c1-12(2,3)9(19)22-7-13(4,6-21-5)10(20)23-8-14(17,18)24-11(15)16/h11H,6-8H2,1-5H3. The third kappa shape index (κ3) is 7.91. The van der Waals surface area contributed by atoms with E-state index in [1.165, 1.54) is 14.0 Å². The molecule has 0 aliphatic carbocycles. The van der Waals surface area contributed by atoms with E-state index in [1.54, 1.807) is 20.8 Å². The Balaban J connectivity index is 4.83. The van der Waals surface area contributed by atoms with Crippen LogP contribution in [-0.2, 0) is 28.5 Å². The third-order valence-corrected chi connectivity index (χ3v) is 2.72. The number of alkyl halides is 4. The lowest BCUT2D eigenvalue weighted by Gasteiger charge is -2.28. The summed E-state index contributed by atoms with van der Waals surface area (Å²) in [5.74, 6) is -1.83. The molecule has 0 radical (unpaired) electrons. The lowest BCUT2D eigenvalue weighted by atomic mass is 9.92. The van der Waals surface area contributed by atoms with E-state index >= 15 is 0 Å². The van der Waals surface area contributed by atoms with Gasteiger partial charge in [0.25, 0.3) is 0 Å². The minimum Gasteiger partial charge on any atom is -0.464 e. The van der Waals surface area contributed by atoms with Crippen LogP contribution in [0.1, 0.15) is 27.7 Å². The number of esters is 2. The molecule has 24 heavy (non-hydrogen) atoms. The number of carbonyl (C=O) groups excluding carboxylic acids is 2. The Bertz CT molecular complexity index is 435. The molecule has 0 aromatic carbocycles. The highest BCUT2D eigenvalue weighted by Gasteiger charge is 2.42. The molecule has 6 nitrogen and oxygen atoms in total. The van der Waals surface area contributed by atoms with Gasteiger partial charge in [-0.3, -0.25) is 14.3 Å². The summed E-state index contributed by atoms with van der Waals surface area (Å²) in [4.78, 5) is 23.7. The lowest BCUT2D eigenvalue weighted by molar-refractivity contribution is -0.331. The maximum absolute atomic E-state index is 13.0. The number of hydrogen-bond acceptors (Lipinski definition) is 6. The van der Waals surface area contributed by atoms with Crippen LogP contribution in [0.3, 0.4) is 0 Å². The molecule has 0 saturated carbocycles. The monoisotopic (exact) mass is 362 g/mol. The molecule has 0 amide bonds. The fourth-order valence-electron chi connectivity index (χ4n) is 1.41. The van der Waals surface area contributed by atoms with E-state index in [1.807, 2.05) is 0 Å². The van der Waals surface area contributed by atoms with Crippen LogP contribution in [0.5, 0.6) is 0 Å². The molecule has 0 aromatic heterocycles. The van der Waals surface area contributed by atoms with Gasteiger partial charge in [-0.15, -0.1) is 0 Å². The van der Waals surface area contributed by atoms with Crippen molar-refractivity contribution in [1.29, 1.82) is 0 Å². The van der Waals surface area contributed by atoms with E-state index in [4.69, 9.17) is 9.47 Å². The largest absolute Gasteiger partial charge is 0.464 e. The van der Waals surface area contributed by atoms with Gasteiger partial charge in [-0.1, -0.05) is 0 Å². The van der Waals surface area contributed by atoms with Gasteiger partial charge in [-0.25, -0.2) is 0 Å². The predicted molar refractivity (Wildman–Crippen MR) is 73.4 cm³/mol. The SMILES string of the molecule is COCC(C)(COC(=O)C(C)(C)C)C(=O)OCC(F)(F)OC(F)F. The average molecular weight is 362 g/mol. The van der Waals surface area contributed by atoms with Gasteiger partial charge < -0.3 is 14.2 Å². The van der Waals surface area contributed by atoms with Crippen molar-refractivity contribution < 1.29 is 46.1 Å². The van der Waals surface area contributed by atoms with Crippen molar-refractivity contribution in [2.45, 2.75) is 40.4 Å². The van der Waals surface area contributed by atoms with Crippen molar-refractivity contribution >= 4 is 11.9 Å². The molecule has 0 aromatic rings. The van der Waals surface area contributed by atoms with Crippen molar-refractivity contribution in [1.82, 2.24) is 0 Å². The van der Waals surface area contributed by atoms with Gasteiger partial charge in [-0.2, -0.15) is 17.6 Å². The molecular formula is C14H22F4O6. The Morgan fingerprint density at radius 1 is 0.917 bits per heavy atom. The molecule has 0 aliphatic rings. The van der Waals surface area contributed by atoms with Crippen LogP contribution in [0.25, 0.3) is 0 Å². The second-order valence-corrected chi connectivity index (χ2v) is 6.41. The minimum atomic E-state index is -4.35. The van der Waals surface area contributed by atoms with Gasteiger partial charge in [-0.05, 0) is 27.7 Å². The Kier molecular flexibility index (Phi) is 8.10. The van der Waals surface area contributed by atoms with Gasteiger partial charge in [0.1, 0.15) is 12.0 Å². The molecule has 0 rings (SSSR count). The van der Waals surface area contributed by atoms with Crippen molar-refractivity contribution in [2.24, 2.45) is 10.8 Å². The van der Waals surface area contributed by atoms with Gasteiger partial charge in [0.05, 0.1) is 12.0 Å². The fourth-order valence-corrected chi connectivity index (χ4v) is 1.41. The molecule has 1 unspecified atom stereocenters. The highest BCUT2D eigenvalue weighted by molar-refractivity contribution is 5.79. The molecule has 142 valence electrons. The lowest BCUT2D eigenvalue weighted by Crippen LogP contribution is -2.42. The highest BCUT2D eigenvalue weighted by Crippen LogP contribution is 2.25. The van der Waals surface area contributed by atoms with E-state index in [0.717, 1.165) is 0 Å². The second-order valence-electron chi connectivity index (χ2n) is 6.41. The Morgan fingerprint density at radius 2 is 1.42 bits per heavy atom. The Morgan fingerprint density at radius 3 is 1.83 bits per heavy atom. The molecule has 0 N–H and O–H groups in total. The van der Waals surface area contributed by atoms with Gasteiger partial charge in [0.2, 0.25) is 0 Å². The fraction of sp³-hybridized carbons (Fsp3) is 0.857. The normalized spacial score (nSPS) is 15.1. The molecule has 0 spiro atoms. The van der Waals surface area contributed by atoms with Crippen molar-refractivity contribution in [3.05, 3.63) is 0 Å². The minimum absolute atomic E-state index is 0.301. The summed E-state index contributed by atoms with van der Waals surface area (Å²) < 4.78 is 66.8. The molecule has 0 aliphatic heterocycles. The first-order chi connectivity index (χ1) is 10.7. The summed E-state index contributed by atoms with van der Waals surface area (Å²) in [6.07, 6.45) is -4.35. The first kappa shape index (κ1) is 22.6. The zero-order valence-corrected chi connectivity index (χ0v) is 14.2. The van der Waals surface area contributed by atoms with Gasteiger partial charge >= 0.3 is 24.7 Å². The molecule has 0 heterocycles. The quantitative estimate of drug-likeness (QED) is 0.464. The number of hydrogen-bond donors (Lipinski definition) is 0. The smallest absolute Gasteiger partial charge is 0.394 e. The first-order valence-electron chi connectivity index (χ1n) is 6.91. The summed E-state index contributed by atoms with van der Waals surface area (Å²) >= 11 is 0. The second kappa shape index (κ2) is 8.61. The van der Waals surface area contributed by atoms with Crippen molar-refractivity contribution in [2.75, 3.05) is 26.9 Å². The number of halogens is 4. The van der Waals surface area contributed by atoms with E-state index in [2.05, 4.69) is 9.47 Å². The zero-order valence-electron chi connectivity index (χ0n) is 14.2. The summed E-state index contributed by atoms with van der Waals surface area (Å²) in [6, 6.07) is 0. The average Bonchev–Trinajstić information content (AvgIpc) is 2.40. The number of methoxy groups -OCH3 is 1. The van der Waals surface area contributed by atoms with E-state index < -0.39 is 48.7 Å². The third-order valence-electron chi connectivity index (χ3n) is 2.72. The van der Waals surface area contributed by atoms with E-state index in [9.17, 15) is 27.2 Å². The number of rotatable bonds is 9. The maximum atomic E-state index is 13.0. The van der Waals surface area contributed by atoms with E-state index in [0.29, 0.717) is 0 Å². The molecule has 0 fully saturated rings. The molecule has 0 bridgehead atoms. The van der Waals surface area contributed by atoms with Crippen LogP contribution in [-0.4, -0.2) is 51.6 Å². The summed E-state index contributed by atoms with van der Waals surface area (Å²) in [7, 11) is 1.24. The molecular weight excluding hydrogens is 340 g/mol. The zero-order chi connectivity index (χ0) is 19.2. The Labute approximate surface area is 137 Å². The summed E-state index contributed by atoms with van der Waals surface area (Å²) in [5.41, 5.74) is -2.42. The topological polar surface area (TPSA) is 71.1 Å². The molecule has 10 heteroatoms. The predicted octanol–water partition coefficient (Wildman–Crippen LogP) is 2.60. The molecule has 1 atom stereocenters.